The molecule has 0 aliphatic heterocycles. The van der Waals surface area contributed by atoms with Crippen molar-refractivity contribution >= 4 is 21.8 Å². The van der Waals surface area contributed by atoms with E-state index in [1.807, 2.05) is 13.2 Å². The van der Waals surface area contributed by atoms with Crippen molar-refractivity contribution in [1.82, 2.24) is 15.0 Å². The summed E-state index contributed by atoms with van der Waals surface area (Å²) in [5, 5.41) is 3.15. The van der Waals surface area contributed by atoms with Crippen LogP contribution in [0.3, 0.4) is 0 Å². The predicted molar refractivity (Wildman–Crippen MR) is 78.8 cm³/mol. The molecule has 2 rings (SSSR count). The summed E-state index contributed by atoms with van der Waals surface area (Å²) in [6.07, 6.45) is 5.77. The molecule has 1 aliphatic rings. The van der Waals surface area contributed by atoms with E-state index in [2.05, 4.69) is 15.0 Å². The van der Waals surface area contributed by atoms with Gasteiger partial charge in [-0.25, -0.2) is 13.1 Å². The molecule has 5 nitrogen and oxygen atoms in total. The van der Waals surface area contributed by atoms with E-state index in [1.54, 1.807) is 24.0 Å². The van der Waals surface area contributed by atoms with Crippen LogP contribution in [-0.2, 0) is 16.6 Å². The van der Waals surface area contributed by atoms with Crippen LogP contribution < -0.4 is 10.0 Å². The monoisotopic (exact) mass is 303 g/mol. The maximum atomic E-state index is 12.1. The summed E-state index contributed by atoms with van der Waals surface area (Å²) < 4.78 is 27.1. The molecule has 1 fully saturated rings. The van der Waals surface area contributed by atoms with E-state index in [1.165, 1.54) is 0 Å². The van der Waals surface area contributed by atoms with Crippen molar-refractivity contribution in [1.29, 1.82) is 0 Å². The van der Waals surface area contributed by atoms with Crippen LogP contribution in [0.4, 0.5) is 0 Å². The Balaban J connectivity index is 1.97. The van der Waals surface area contributed by atoms with E-state index in [9.17, 15) is 8.42 Å². The van der Waals surface area contributed by atoms with Crippen LogP contribution in [0.25, 0.3) is 0 Å². The van der Waals surface area contributed by atoms with Gasteiger partial charge in [-0.1, -0.05) is 6.92 Å². The van der Waals surface area contributed by atoms with Gasteiger partial charge in [0.05, 0.1) is 4.90 Å². The van der Waals surface area contributed by atoms with Gasteiger partial charge >= 0.3 is 0 Å². The highest BCUT2D eigenvalue weighted by Crippen LogP contribution is 2.46. The minimum Gasteiger partial charge on any atom is -0.363 e. The first kappa shape index (κ1) is 14.9. The number of hydrogen-bond acceptors (Lipinski definition) is 4. The third-order valence-electron chi connectivity index (χ3n) is 3.42. The molecule has 0 spiro atoms. The SMILES string of the molecule is CCNCc1cc(S(=O)(=O)NCC2(SC)CC2)c[nH]1. The topological polar surface area (TPSA) is 74.0 Å². The highest BCUT2D eigenvalue weighted by Gasteiger charge is 2.42. The van der Waals surface area contributed by atoms with E-state index >= 15 is 0 Å². The molecule has 1 heterocycles. The fourth-order valence-corrected chi connectivity index (χ4v) is 3.80. The van der Waals surface area contributed by atoms with E-state index in [-0.39, 0.29) is 4.75 Å². The quantitative estimate of drug-likeness (QED) is 0.677. The van der Waals surface area contributed by atoms with Gasteiger partial charge in [-0.05, 0) is 31.7 Å². The number of aromatic amines is 1. The minimum atomic E-state index is -3.39. The third kappa shape index (κ3) is 3.75. The lowest BCUT2D eigenvalue weighted by atomic mass is 10.4. The number of hydrogen-bond donors (Lipinski definition) is 3. The van der Waals surface area contributed by atoms with Crippen molar-refractivity contribution in [2.45, 2.75) is 36.0 Å². The molecule has 0 unspecified atom stereocenters. The van der Waals surface area contributed by atoms with Crippen molar-refractivity contribution in [3.63, 3.8) is 0 Å². The normalized spacial score (nSPS) is 17.6. The molecule has 1 saturated carbocycles. The fraction of sp³-hybridized carbons (Fsp3) is 0.667. The summed E-state index contributed by atoms with van der Waals surface area (Å²) in [6.45, 7) is 4.04. The van der Waals surface area contributed by atoms with Crippen molar-refractivity contribution in [2.75, 3.05) is 19.3 Å². The van der Waals surface area contributed by atoms with Gasteiger partial charge in [-0.2, -0.15) is 11.8 Å². The van der Waals surface area contributed by atoms with Crippen LogP contribution in [0.5, 0.6) is 0 Å². The average Bonchev–Trinajstić information content (AvgIpc) is 3.03. The largest absolute Gasteiger partial charge is 0.363 e. The Labute approximate surface area is 119 Å². The summed E-state index contributed by atoms with van der Waals surface area (Å²) in [5.41, 5.74) is 0.883. The Morgan fingerprint density at radius 3 is 2.79 bits per heavy atom. The van der Waals surface area contributed by atoms with Crippen LogP contribution >= 0.6 is 11.8 Å². The molecule has 0 aromatic carbocycles. The van der Waals surface area contributed by atoms with Gasteiger partial charge in [0.25, 0.3) is 0 Å². The second-order valence-corrected chi connectivity index (χ2v) is 7.89. The lowest BCUT2D eigenvalue weighted by Crippen LogP contribution is -2.31. The average molecular weight is 303 g/mol. The van der Waals surface area contributed by atoms with Crippen LogP contribution in [0.2, 0.25) is 0 Å². The molecule has 7 heteroatoms. The van der Waals surface area contributed by atoms with Gasteiger partial charge in [0.2, 0.25) is 10.0 Å². The van der Waals surface area contributed by atoms with Gasteiger partial charge in [0.15, 0.2) is 0 Å². The maximum Gasteiger partial charge on any atom is 0.242 e. The summed E-state index contributed by atoms with van der Waals surface area (Å²) in [5.74, 6) is 0. The predicted octanol–water partition coefficient (Wildman–Crippen LogP) is 1.30. The maximum absolute atomic E-state index is 12.1. The number of H-pyrrole nitrogens is 1. The molecule has 0 amide bonds. The first-order chi connectivity index (χ1) is 9.01. The van der Waals surface area contributed by atoms with Crippen molar-refractivity contribution in [3.8, 4) is 0 Å². The molecule has 1 aliphatic carbocycles. The second-order valence-electron chi connectivity index (χ2n) is 4.85. The Morgan fingerprint density at radius 2 is 2.21 bits per heavy atom. The summed E-state index contributed by atoms with van der Waals surface area (Å²) in [7, 11) is -3.39. The smallest absolute Gasteiger partial charge is 0.242 e. The molecule has 0 radical (unpaired) electrons. The Morgan fingerprint density at radius 1 is 1.47 bits per heavy atom. The second kappa shape index (κ2) is 5.87. The highest BCUT2D eigenvalue weighted by molar-refractivity contribution is 8.00. The zero-order valence-corrected chi connectivity index (χ0v) is 13.0. The standard InChI is InChI=1S/C12H21N3O2S2/c1-3-13-7-10-6-11(8-14-10)19(16,17)15-9-12(18-2)4-5-12/h6,8,13-15H,3-5,7,9H2,1-2H3. The lowest BCUT2D eigenvalue weighted by Gasteiger charge is -2.12. The molecule has 0 saturated heterocycles. The van der Waals surface area contributed by atoms with E-state index in [4.69, 9.17) is 0 Å². The highest BCUT2D eigenvalue weighted by atomic mass is 32.2. The third-order valence-corrected chi connectivity index (χ3v) is 6.22. The molecule has 1 aromatic rings. The van der Waals surface area contributed by atoms with Crippen LogP contribution in [0.1, 0.15) is 25.5 Å². The van der Waals surface area contributed by atoms with Crippen molar-refractivity contribution in [2.24, 2.45) is 0 Å². The molecular weight excluding hydrogens is 282 g/mol. The van der Waals surface area contributed by atoms with E-state index in [0.29, 0.717) is 18.0 Å². The molecule has 3 N–H and O–H groups in total. The molecule has 0 bridgehead atoms. The number of aromatic nitrogens is 1. The number of sulfonamides is 1. The first-order valence-electron chi connectivity index (χ1n) is 6.44. The Hall–Kier alpha value is -0.500. The zero-order chi connectivity index (χ0) is 13.9. The first-order valence-corrected chi connectivity index (χ1v) is 9.15. The van der Waals surface area contributed by atoms with Gasteiger partial charge in [0, 0.05) is 29.7 Å². The molecule has 1 aromatic heterocycles. The summed E-state index contributed by atoms with van der Waals surface area (Å²) in [4.78, 5) is 3.30. The lowest BCUT2D eigenvalue weighted by molar-refractivity contribution is 0.580. The summed E-state index contributed by atoms with van der Waals surface area (Å²) in [6, 6.07) is 1.68. The number of rotatable bonds is 8. The van der Waals surface area contributed by atoms with Gasteiger partial charge in [-0.15, -0.1) is 0 Å². The zero-order valence-electron chi connectivity index (χ0n) is 11.3. The molecular formula is C12H21N3O2S2. The van der Waals surface area contributed by atoms with Gasteiger partial charge in [0.1, 0.15) is 0 Å². The molecule has 19 heavy (non-hydrogen) atoms. The van der Waals surface area contributed by atoms with Gasteiger partial charge < -0.3 is 10.3 Å². The molecule has 0 atom stereocenters. The molecule has 108 valence electrons. The van der Waals surface area contributed by atoms with E-state index < -0.39 is 10.0 Å². The van der Waals surface area contributed by atoms with E-state index in [0.717, 1.165) is 25.1 Å². The van der Waals surface area contributed by atoms with Crippen LogP contribution in [-0.4, -0.2) is 37.5 Å². The Kier molecular flexibility index (Phi) is 4.60. The fourth-order valence-electron chi connectivity index (χ4n) is 1.84. The van der Waals surface area contributed by atoms with Crippen LogP contribution in [0, 0.1) is 0 Å². The number of thioether (sulfide) groups is 1. The van der Waals surface area contributed by atoms with Crippen molar-refractivity contribution in [3.05, 3.63) is 18.0 Å². The van der Waals surface area contributed by atoms with Gasteiger partial charge in [-0.3, -0.25) is 0 Å². The summed E-state index contributed by atoms with van der Waals surface area (Å²) >= 11 is 1.75. The van der Waals surface area contributed by atoms with Crippen LogP contribution in [0.15, 0.2) is 17.2 Å². The number of nitrogens with one attached hydrogen (secondary N) is 3. The van der Waals surface area contributed by atoms with Crippen molar-refractivity contribution < 1.29 is 8.42 Å². The Bertz CT molecular complexity index is 521. The minimum absolute atomic E-state index is 0.135.